The molecule has 0 unspecified atom stereocenters. The van der Waals surface area contributed by atoms with E-state index < -0.39 is 17.6 Å². The van der Waals surface area contributed by atoms with Crippen LogP contribution in [0.4, 0.5) is 4.39 Å². The van der Waals surface area contributed by atoms with E-state index in [2.05, 4.69) is 0 Å². The molecule has 1 heterocycles. The van der Waals surface area contributed by atoms with E-state index in [1.54, 1.807) is 30.3 Å². The standard InChI is InChI=1S/C17H9ClFNO2S2/c18-12-7-3-2-6-11(12)15(21)20-16(22)14(24-17(20)23)9-10-5-1-4-8-13(10)19/h1-9H/b14-9+. The van der Waals surface area contributed by atoms with Crippen molar-refractivity contribution in [3.8, 4) is 0 Å². The number of amides is 2. The number of hydrogen-bond acceptors (Lipinski definition) is 4. The summed E-state index contributed by atoms with van der Waals surface area (Å²) in [7, 11) is 0. The van der Waals surface area contributed by atoms with E-state index in [4.69, 9.17) is 23.8 Å². The van der Waals surface area contributed by atoms with Crippen LogP contribution < -0.4 is 0 Å². The lowest BCUT2D eigenvalue weighted by Crippen LogP contribution is -2.34. The van der Waals surface area contributed by atoms with Gasteiger partial charge in [-0.25, -0.2) is 9.29 Å². The van der Waals surface area contributed by atoms with Gasteiger partial charge in [0.25, 0.3) is 11.8 Å². The molecule has 2 amide bonds. The molecule has 0 atom stereocenters. The maximum absolute atomic E-state index is 13.7. The molecule has 0 spiro atoms. The molecule has 2 aromatic rings. The van der Waals surface area contributed by atoms with Crippen molar-refractivity contribution in [1.29, 1.82) is 0 Å². The highest BCUT2D eigenvalue weighted by molar-refractivity contribution is 8.26. The molecule has 3 rings (SSSR count). The van der Waals surface area contributed by atoms with Gasteiger partial charge in [-0.1, -0.05) is 65.9 Å². The SMILES string of the molecule is O=C1/C(=C\c2ccccc2F)SC(=S)N1C(=O)c1ccccc1Cl. The van der Waals surface area contributed by atoms with E-state index in [1.165, 1.54) is 24.3 Å². The molecule has 0 aliphatic carbocycles. The van der Waals surface area contributed by atoms with Gasteiger partial charge in [-0.2, -0.15) is 0 Å². The van der Waals surface area contributed by atoms with Gasteiger partial charge in [0.2, 0.25) is 0 Å². The molecule has 0 bridgehead atoms. The molecule has 1 fully saturated rings. The lowest BCUT2D eigenvalue weighted by atomic mass is 10.2. The van der Waals surface area contributed by atoms with Crippen molar-refractivity contribution in [2.45, 2.75) is 0 Å². The maximum Gasteiger partial charge on any atom is 0.273 e. The highest BCUT2D eigenvalue weighted by atomic mass is 35.5. The fraction of sp³-hybridized carbons (Fsp3) is 0. The number of benzene rings is 2. The Balaban J connectivity index is 1.94. The number of thioether (sulfide) groups is 1. The summed E-state index contributed by atoms with van der Waals surface area (Å²) in [6, 6.07) is 12.4. The second kappa shape index (κ2) is 6.84. The van der Waals surface area contributed by atoms with Gasteiger partial charge < -0.3 is 0 Å². The zero-order valence-corrected chi connectivity index (χ0v) is 14.4. The summed E-state index contributed by atoms with van der Waals surface area (Å²) in [5.41, 5.74) is 0.436. The molecule has 3 nitrogen and oxygen atoms in total. The first-order valence-electron chi connectivity index (χ1n) is 6.80. The molecular formula is C17H9ClFNO2S2. The number of carbonyl (C=O) groups excluding carboxylic acids is 2. The lowest BCUT2D eigenvalue weighted by Gasteiger charge is -2.13. The smallest absolute Gasteiger partial charge is 0.268 e. The van der Waals surface area contributed by atoms with Crippen LogP contribution >= 0.6 is 35.6 Å². The van der Waals surface area contributed by atoms with Crippen molar-refractivity contribution >= 4 is 57.8 Å². The summed E-state index contributed by atoms with van der Waals surface area (Å²) in [6.07, 6.45) is 1.38. The van der Waals surface area contributed by atoms with Crippen molar-refractivity contribution in [3.05, 3.63) is 75.4 Å². The highest BCUT2D eigenvalue weighted by Crippen LogP contribution is 2.34. The Hall–Kier alpha value is -2.02. The van der Waals surface area contributed by atoms with E-state index in [-0.39, 0.29) is 25.4 Å². The third kappa shape index (κ3) is 3.13. The van der Waals surface area contributed by atoms with E-state index in [1.807, 2.05) is 0 Å². The number of thiocarbonyl (C=S) groups is 1. The highest BCUT2D eigenvalue weighted by Gasteiger charge is 2.38. The Bertz CT molecular complexity index is 898. The molecule has 0 saturated carbocycles. The van der Waals surface area contributed by atoms with Crippen LogP contribution in [0.5, 0.6) is 0 Å². The Morgan fingerprint density at radius 1 is 1.17 bits per heavy atom. The van der Waals surface area contributed by atoms with Crippen LogP contribution in [0.15, 0.2) is 53.4 Å². The molecule has 120 valence electrons. The Labute approximate surface area is 152 Å². The first kappa shape index (κ1) is 16.8. The van der Waals surface area contributed by atoms with E-state index >= 15 is 0 Å². The average Bonchev–Trinajstić information content (AvgIpc) is 2.83. The number of carbonyl (C=O) groups is 2. The van der Waals surface area contributed by atoms with Crippen molar-refractivity contribution < 1.29 is 14.0 Å². The van der Waals surface area contributed by atoms with Gasteiger partial charge in [0, 0.05) is 5.56 Å². The van der Waals surface area contributed by atoms with Crippen LogP contribution in [-0.2, 0) is 4.79 Å². The minimum Gasteiger partial charge on any atom is -0.268 e. The summed E-state index contributed by atoms with van der Waals surface area (Å²) in [5, 5.41) is 0.231. The van der Waals surface area contributed by atoms with Crippen molar-refractivity contribution in [2.24, 2.45) is 0 Å². The zero-order chi connectivity index (χ0) is 17.3. The molecule has 24 heavy (non-hydrogen) atoms. The van der Waals surface area contributed by atoms with Gasteiger partial charge in [-0.3, -0.25) is 9.59 Å². The average molecular weight is 378 g/mol. The number of nitrogens with zero attached hydrogens (tertiary/aromatic N) is 1. The molecule has 1 saturated heterocycles. The summed E-state index contributed by atoms with van der Waals surface area (Å²) in [6.45, 7) is 0. The zero-order valence-electron chi connectivity index (χ0n) is 12.0. The van der Waals surface area contributed by atoms with Gasteiger partial charge in [0.1, 0.15) is 5.82 Å². The Kier molecular flexibility index (Phi) is 4.80. The van der Waals surface area contributed by atoms with Crippen LogP contribution in [0.25, 0.3) is 6.08 Å². The number of imide groups is 1. The summed E-state index contributed by atoms with van der Waals surface area (Å²) in [4.78, 5) is 26.2. The fourth-order valence-electron chi connectivity index (χ4n) is 2.13. The Morgan fingerprint density at radius 3 is 2.54 bits per heavy atom. The van der Waals surface area contributed by atoms with Crippen LogP contribution in [0.1, 0.15) is 15.9 Å². The van der Waals surface area contributed by atoms with Crippen LogP contribution in [0, 0.1) is 5.82 Å². The largest absolute Gasteiger partial charge is 0.273 e. The summed E-state index contributed by atoms with van der Waals surface area (Å²) < 4.78 is 13.8. The molecule has 1 aliphatic rings. The second-order valence-electron chi connectivity index (χ2n) is 4.82. The van der Waals surface area contributed by atoms with Gasteiger partial charge in [0.05, 0.1) is 15.5 Å². The van der Waals surface area contributed by atoms with Gasteiger partial charge in [-0.05, 0) is 24.3 Å². The molecule has 1 aliphatic heterocycles. The fourth-order valence-corrected chi connectivity index (χ4v) is 3.59. The third-order valence-corrected chi connectivity index (χ3v) is 4.92. The predicted molar refractivity (Wildman–Crippen MR) is 97.2 cm³/mol. The van der Waals surface area contributed by atoms with Crippen LogP contribution in [0.3, 0.4) is 0 Å². The molecule has 0 N–H and O–H groups in total. The van der Waals surface area contributed by atoms with Crippen LogP contribution in [0.2, 0.25) is 5.02 Å². The molecule has 0 radical (unpaired) electrons. The number of halogens is 2. The number of hydrogen-bond donors (Lipinski definition) is 0. The van der Waals surface area contributed by atoms with Crippen molar-refractivity contribution in [3.63, 3.8) is 0 Å². The van der Waals surface area contributed by atoms with E-state index in [0.717, 1.165) is 16.7 Å². The second-order valence-corrected chi connectivity index (χ2v) is 6.91. The Morgan fingerprint density at radius 2 is 1.83 bits per heavy atom. The summed E-state index contributed by atoms with van der Waals surface area (Å²) >= 11 is 12.1. The minimum absolute atomic E-state index is 0.0903. The van der Waals surface area contributed by atoms with Crippen molar-refractivity contribution in [2.75, 3.05) is 0 Å². The van der Waals surface area contributed by atoms with E-state index in [9.17, 15) is 14.0 Å². The van der Waals surface area contributed by atoms with Gasteiger partial charge in [0.15, 0.2) is 4.32 Å². The molecular weight excluding hydrogens is 369 g/mol. The minimum atomic E-state index is -0.597. The molecule has 2 aromatic carbocycles. The van der Waals surface area contributed by atoms with E-state index in [0.29, 0.717) is 0 Å². The first-order valence-corrected chi connectivity index (χ1v) is 8.40. The predicted octanol–water partition coefficient (Wildman–Crippen LogP) is 4.52. The van der Waals surface area contributed by atoms with Gasteiger partial charge in [-0.15, -0.1) is 0 Å². The lowest BCUT2D eigenvalue weighted by molar-refractivity contribution is -0.120. The first-order chi connectivity index (χ1) is 11.5. The third-order valence-electron chi connectivity index (χ3n) is 3.29. The number of rotatable bonds is 2. The molecule has 7 heteroatoms. The van der Waals surface area contributed by atoms with Gasteiger partial charge >= 0.3 is 0 Å². The summed E-state index contributed by atoms with van der Waals surface area (Å²) in [5.74, 6) is -1.64. The topological polar surface area (TPSA) is 37.4 Å². The molecule has 0 aromatic heterocycles. The normalized spacial score (nSPS) is 16.1. The maximum atomic E-state index is 13.7. The van der Waals surface area contributed by atoms with Crippen LogP contribution in [-0.4, -0.2) is 21.0 Å². The monoisotopic (exact) mass is 377 g/mol. The quantitative estimate of drug-likeness (QED) is 0.438. The van der Waals surface area contributed by atoms with Crippen molar-refractivity contribution in [1.82, 2.24) is 4.90 Å².